The minimum Gasteiger partial charge on any atom is -0.381 e. The zero-order chi connectivity index (χ0) is 18.9. The highest BCUT2D eigenvalue weighted by Gasteiger charge is 2.68. The lowest BCUT2D eigenvalue weighted by molar-refractivity contribution is -0.167. The lowest BCUT2D eigenvalue weighted by Crippen LogP contribution is -2.60. The van der Waals surface area contributed by atoms with Gasteiger partial charge in [0.05, 0.1) is 5.75 Å². The van der Waals surface area contributed by atoms with Crippen LogP contribution in [-0.2, 0) is 14.4 Å². The van der Waals surface area contributed by atoms with Gasteiger partial charge in [-0.25, -0.2) is 0 Å². The van der Waals surface area contributed by atoms with Crippen LogP contribution in [0.3, 0.4) is 0 Å². The molecule has 0 saturated heterocycles. The highest BCUT2D eigenvalue weighted by molar-refractivity contribution is 7.81. The molecule has 0 spiro atoms. The molecule has 26 heavy (non-hydrogen) atoms. The molecule has 5 heteroatoms. The first kappa shape index (κ1) is 18.4. The lowest BCUT2D eigenvalue weighted by atomic mass is 9.46. The Bertz CT molecular complexity index is 728. The van der Waals surface area contributed by atoms with Crippen molar-refractivity contribution in [3.63, 3.8) is 0 Å². The number of allylic oxidation sites excluding steroid dienone is 1. The first-order chi connectivity index (χ1) is 12.2. The summed E-state index contributed by atoms with van der Waals surface area (Å²) in [6.45, 7) is 4.10. The van der Waals surface area contributed by atoms with Crippen molar-refractivity contribution in [1.29, 1.82) is 0 Å². The highest BCUT2D eigenvalue weighted by atomic mass is 32.1. The standard InChI is InChI=1S/C21H28O4S/c1-19-7-5-13(22)9-12(19)3-4-14-15-6-8-21(25,17(24)11-26)20(15,2)10-16(23)18(14)19/h9,14-15,18,25-26H,3-8,10-11H2,1-2H3. The van der Waals surface area contributed by atoms with Gasteiger partial charge in [0.1, 0.15) is 11.4 Å². The Morgan fingerprint density at radius 2 is 1.96 bits per heavy atom. The van der Waals surface area contributed by atoms with Gasteiger partial charge in [-0.15, -0.1) is 0 Å². The largest absolute Gasteiger partial charge is 0.381 e. The van der Waals surface area contributed by atoms with E-state index in [-0.39, 0.29) is 52.7 Å². The quantitative estimate of drug-likeness (QED) is 0.727. The zero-order valence-electron chi connectivity index (χ0n) is 15.6. The molecule has 4 aliphatic rings. The van der Waals surface area contributed by atoms with Gasteiger partial charge in [-0.2, -0.15) is 12.6 Å². The smallest absolute Gasteiger partial charge is 0.174 e. The van der Waals surface area contributed by atoms with E-state index in [1.807, 2.05) is 6.92 Å². The zero-order valence-corrected chi connectivity index (χ0v) is 16.5. The average molecular weight is 377 g/mol. The van der Waals surface area contributed by atoms with Gasteiger partial charge in [-0.3, -0.25) is 14.4 Å². The second-order valence-electron chi connectivity index (χ2n) is 9.38. The van der Waals surface area contributed by atoms with Gasteiger partial charge in [-0.05, 0) is 55.4 Å². The summed E-state index contributed by atoms with van der Waals surface area (Å²) in [5.74, 6) is 0.397. The van der Waals surface area contributed by atoms with Crippen LogP contribution in [0.2, 0.25) is 0 Å². The number of hydrogen-bond donors (Lipinski definition) is 2. The van der Waals surface area contributed by atoms with Crippen molar-refractivity contribution in [3.05, 3.63) is 11.6 Å². The van der Waals surface area contributed by atoms with Crippen molar-refractivity contribution >= 4 is 30.0 Å². The van der Waals surface area contributed by atoms with Crippen LogP contribution >= 0.6 is 12.6 Å². The number of carbonyl (C=O) groups is 3. The van der Waals surface area contributed by atoms with Crippen molar-refractivity contribution < 1.29 is 19.5 Å². The van der Waals surface area contributed by atoms with Crippen molar-refractivity contribution in [2.24, 2.45) is 28.6 Å². The number of rotatable bonds is 2. The number of Topliss-reactive ketones (excluding diaryl/α,β-unsaturated/α-hetero) is 2. The molecule has 6 atom stereocenters. The maximum absolute atomic E-state index is 13.4. The van der Waals surface area contributed by atoms with Crippen molar-refractivity contribution in [2.45, 2.75) is 64.4 Å². The summed E-state index contributed by atoms with van der Waals surface area (Å²) in [7, 11) is 0. The van der Waals surface area contributed by atoms with Gasteiger partial charge in [0.15, 0.2) is 11.6 Å². The molecule has 4 aliphatic carbocycles. The number of fused-ring (bicyclic) bond motifs is 5. The average Bonchev–Trinajstić information content (AvgIpc) is 2.86. The Morgan fingerprint density at radius 1 is 1.23 bits per heavy atom. The van der Waals surface area contributed by atoms with Gasteiger partial charge in [0.25, 0.3) is 0 Å². The van der Waals surface area contributed by atoms with E-state index in [9.17, 15) is 19.5 Å². The molecule has 142 valence electrons. The molecule has 3 saturated carbocycles. The van der Waals surface area contributed by atoms with Gasteiger partial charge < -0.3 is 5.11 Å². The lowest BCUT2D eigenvalue weighted by Gasteiger charge is -2.57. The topological polar surface area (TPSA) is 71.4 Å². The number of carbonyl (C=O) groups excluding carboxylic acids is 3. The van der Waals surface area contributed by atoms with Crippen molar-refractivity contribution in [1.82, 2.24) is 0 Å². The predicted molar refractivity (Wildman–Crippen MR) is 101 cm³/mol. The van der Waals surface area contributed by atoms with Crippen LogP contribution in [0.4, 0.5) is 0 Å². The van der Waals surface area contributed by atoms with Crippen LogP contribution in [-0.4, -0.2) is 33.8 Å². The first-order valence-electron chi connectivity index (χ1n) is 9.80. The maximum Gasteiger partial charge on any atom is 0.174 e. The fraction of sp³-hybridized carbons (Fsp3) is 0.762. The number of thiol groups is 1. The monoisotopic (exact) mass is 376 g/mol. The maximum atomic E-state index is 13.4. The van der Waals surface area contributed by atoms with E-state index in [0.29, 0.717) is 12.8 Å². The molecule has 0 aromatic carbocycles. The highest BCUT2D eigenvalue weighted by Crippen LogP contribution is 2.66. The van der Waals surface area contributed by atoms with Crippen LogP contribution in [0.1, 0.15) is 58.8 Å². The van der Waals surface area contributed by atoms with E-state index < -0.39 is 11.0 Å². The fourth-order valence-corrected chi connectivity index (χ4v) is 7.24. The molecular weight excluding hydrogens is 348 g/mol. The minimum atomic E-state index is -1.43. The third kappa shape index (κ3) is 2.16. The normalized spacial score (nSPS) is 47.7. The van der Waals surface area contributed by atoms with E-state index in [1.54, 1.807) is 6.08 Å². The molecule has 3 fully saturated rings. The molecule has 0 bridgehead atoms. The van der Waals surface area contributed by atoms with Gasteiger partial charge >= 0.3 is 0 Å². The number of ketones is 3. The minimum absolute atomic E-state index is 0.00775. The predicted octanol–water partition coefficient (Wildman–Crippen LogP) is 2.93. The molecule has 0 aromatic rings. The number of hydrogen-bond acceptors (Lipinski definition) is 5. The van der Waals surface area contributed by atoms with E-state index in [4.69, 9.17) is 0 Å². The molecule has 0 amide bonds. The second-order valence-corrected chi connectivity index (χ2v) is 9.70. The molecule has 4 nitrogen and oxygen atoms in total. The summed E-state index contributed by atoms with van der Waals surface area (Å²) in [6, 6.07) is 0. The van der Waals surface area contributed by atoms with Crippen LogP contribution in [0.15, 0.2) is 11.6 Å². The molecule has 0 heterocycles. The van der Waals surface area contributed by atoms with Crippen molar-refractivity contribution in [3.8, 4) is 0 Å². The van der Waals surface area contributed by atoms with Crippen LogP contribution in [0.5, 0.6) is 0 Å². The summed E-state index contributed by atoms with van der Waals surface area (Å²) in [4.78, 5) is 37.8. The van der Waals surface area contributed by atoms with E-state index in [0.717, 1.165) is 31.3 Å². The third-order valence-corrected chi connectivity index (χ3v) is 8.70. The Hall–Kier alpha value is -0.940. The third-order valence-electron chi connectivity index (χ3n) is 8.41. The van der Waals surface area contributed by atoms with Crippen LogP contribution < -0.4 is 0 Å². The molecule has 1 N–H and O–H groups in total. The molecule has 4 rings (SSSR count). The van der Waals surface area contributed by atoms with E-state index in [1.165, 1.54) is 0 Å². The summed E-state index contributed by atoms with van der Waals surface area (Å²) in [5.41, 5.74) is -1.21. The molecular formula is C21H28O4S. The Labute approximate surface area is 160 Å². The Kier molecular flexibility index (Phi) is 4.09. The van der Waals surface area contributed by atoms with E-state index in [2.05, 4.69) is 19.6 Å². The summed E-state index contributed by atoms with van der Waals surface area (Å²) in [6.07, 6.45) is 6.24. The van der Waals surface area contributed by atoms with Crippen molar-refractivity contribution in [2.75, 3.05) is 5.75 Å². The van der Waals surface area contributed by atoms with Gasteiger partial charge in [0, 0.05) is 24.2 Å². The van der Waals surface area contributed by atoms with Gasteiger partial charge in [0.2, 0.25) is 0 Å². The molecule has 0 radical (unpaired) electrons. The summed E-state index contributed by atoms with van der Waals surface area (Å²) < 4.78 is 0. The second kappa shape index (κ2) is 5.78. The molecule has 0 aliphatic heterocycles. The summed E-state index contributed by atoms with van der Waals surface area (Å²) in [5, 5.41) is 11.2. The summed E-state index contributed by atoms with van der Waals surface area (Å²) >= 11 is 4.10. The molecule has 0 aromatic heterocycles. The van der Waals surface area contributed by atoms with Gasteiger partial charge in [-0.1, -0.05) is 19.4 Å². The fourth-order valence-electron chi connectivity index (χ4n) is 6.98. The van der Waals surface area contributed by atoms with E-state index >= 15 is 0 Å². The van der Waals surface area contributed by atoms with Crippen LogP contribution in [0.25, 0.3) is 0 Å². The Morgan fingerprint density at radius 3 is 2.65 bits per heavy atom. The van der Waals surface area contributed by atoms with Crippen LogP contribution in [0, 0.1) is 28.6 Å². The Balaban J connectivity index is 1.75. The molecule has 6 unspecified atom stereocenters. The number of aliphatic hydroxyl groups is 1. The first-order valence-corrected chi connectivity index (χ1v) is 10.4. The SMILES string of the molecule is CC12CCC(=O)C=C1CCC1C2C(=O)CC2(C)C1CCC2(O)C(=O)CS.